The average Bonchev–Trinajstić information content (AvgIpc) is 3.09. The van der Waals surface area contributed by atoms with Crippen molar-refractivity contribution < 1.29 is 18.0 Å². The zero-order valence-electron chi connectivity index (χ0n) is 15.5. The number of hydrogen-bond donors (Lipinski definition) is 1. The molecule has 1 amide bonds. The first-order valence-electron chi connectivity index (χ1n) is 8.82. The van der Waals surface area contributed by atoms with E-state index in [0.717, 1.165) is 29.0 Å². The molecule has 0 bridgehead atoms. The minimum Gasteiger partial charge on any atom is -0.320 e. The van der Waals surface area contributed by atoms with Gasteiger partial charge >= 0.3 is 6.18 Å². The van der Waals surface area contributed by atoms with E-state index in [0.29, 0.717) is 11.4 Å². The molecule has 2 aromatic carbocycles. The quantitative estimate of drug-likeness (QED) is 0.456. The molecular weight excluding hydrogens is 417 g/mol. The normalized spacial score (nSPS) is 11.6. The molecule has 152 valence electrons. The maximum Gasteiger partial charge on any atom is 0.416 e. The molecule has 0 aliphatic carbocycles. The maximum absolute atomic E-state index is 13.1. The van der Waals surface area contributed by atoms with Crippen molar-refractivity contribution in [3.05, 3.63) is 82.9 Å². The van der Waals surface area contributed by atoms with E-state index in [1.807, 2.05) is 6.07 Å². The maximum atomic E-state index is 13.1. The van der Waals surface area contributed by atoms with Gasteiger partial charge in [0.05, 0.1) is 16.3 Å². The number of alkyl halides is 3. The summed E-state index contributed by atoms with van der Waals surface area (Å²) in [5.41, 5.74) is 0.270. The van der Waals surface area contributed by atoms with Gasteiger partial charge in [-0.1, -0.05) is 23.7 Å². The van der Waals surface area contributed by atoms with Crippen molar-refractivity contribution in [3.63, 3.8) is 0 Å². The molecule has 1 N–H and O–H groups in total. The Bertz CT molecular complexity index is 1260. The van der Waals surface area contributed by atoms with Gasteiger partial charge in [0.2, 0.25) is 0 Å². The van der Waals surface area contributed by atoms with E-state index in [-0.39, 0.29) is 16.4 Å². The first-order chi connectivity index (χ1) is 14.2. The third-order valence-electron chi connectivity index (χ3n) is 4.55. The Morgan fingerprint density at radius 2 is 1.93 bits per heavy atom. The molecule has 2 heterocycles. The van der Waals surface area contributed by atoms with Crippen LogP contribution in [-0.2, 0) is 6.18 Å². The van der Waals surface area contributed by atoms with Crippen LogP contribution in [0.15, 0.2) is 60.9 Å². The Balaban J connectivity index is 1.68. The van der Waals surface area contributed by atoms with E-state index in [1.165, 1.54) is 10.7 Å². The number of aromatic nitrogens is 3. The van der Waals surface area contributed by atoms with Crippen molar-refractivity contribution in [2.24, 2.45) is 0 Å². The highest BCUT2D eigenvalue weighted by Gasteiger charge is 2.31. The second-order valence-electron chi connectivity index (χ2n) is 6.60. The topological polar surface area (TPSA) is 59.8 Å². The summed E-state index contributed by atoms with van der Waals surface area (Å²) in [6.07, 6.45) is -1.23. The molecule has 0 spiro atoms. The molecule has 9 heteroatoms. The lowest BCUT2D eigenvalue weighted by Gasteiger charge is -2.11. The van der Waals surface area contributed by atoms with Gasteiger partial charge in [-0.05, 0) is 43.3 Å². The minimum atomic E-state index is -4.52. The molecule has 2 aromatic heterocycles. The van der Waals surface area contributed by atoms with Crippen molar-refractivity contribution in [1.29, 1.82) is 0 Å². The highest BCUT2D eigenvalue weighted by atomic mass is 35.5. The Morgan fingerprint density at radius 3 is 2.70 bits per heavy atom. The van der Waals surface area contributed by atoms with Crippen LogP contribution in [0.4, 0.5) is 18.9 Å². The number of pyridine rings is 1. The molecule has 5 nitrogen and oxygen atoms in total. The fourth-order valence-corrected chi connectivity index (χ4v) is 3.30. The Kier molecular flexibility index (Phi) is 4.95. The number of nitrogens with zero attached hydrogens (tertiary/aromatic N) is 3. The number of nitrogens with one attached hydrogen (secondary N) is 1. The summed E-state index contributed by atoms with van der Waals surface area (Å²) in [5.74, 6) is -0.496. The highest BCUT2D eigenvalue weighted by Crippen LogP contribution is 2.33. The highest BCUT2D eigenvalue weighted by molar-refractivity contribution is 6.32. The van der Waals surface area contributed by atoms with Crippen LogP contribution in [0.2, 0.25) is 5.02 Å². The van der Waals surface area contributed by atoms with Crippen LogP contribution in [0.1, 0.15) is 21.7 Å². The molecule has 0 atom stereocenters. The van der Waals surface area contributed by atoms with Gasteiger partial charge in [-0.2, -0.15) is 18.3 Å². The van der Waals surface area contributed by atoms with Crippen LogP contribution < -0.4 is 5.32 Å². The van der Waals surface area contributed by atoms with E-state index in [2.05, 4.69) is 15.4 Å². The van der Waals surface area contributed by atoms with Gasteiger partial charge in [-0.15, -0.1) is 0 Å². The van der Waals surface area contributed by atoms with Gasteiger partial charge in [-0.3, -0.25) is 9.78 Å². The van der Waals surface area contributed by atoms with E-state index in [4.69, 9.17) is 11.6 Å². The van der Waals surface area contributed by atoms with Crippen molar-refractivity contribution in [3.8, 4) is 5.69 Å². The van der Waals surface area contributed by atoms with Crippen molar-refractivity contribution >= 4 is 34.0 Å². The van der Waals surface area contributed by atoms with Gasteiger partial charge in [0.1, 0.15) is 0 Å². The second-order valence-corrected chi connectivity index (χ2v) is 7.01. The number of carbonyl (C=O) groups excluding carboxylic acids is 1. The van der Waals surface area contributed by atoms with Crippen molar-refractivity contribution in [2.75, 3.05) is 5.32 Å². The monoisotopic (exact) mass is 430 g/mol. The molecule has 4 aromatic rings. The van der Waals surface area contributed by atoms with Crippen LogP contribution in [0.3, 0.4) is 0 Å². The molecule has 0 saturated carbocycles. The lowest BCUT2D eigenvalue weighted by Crippen LogP contribution is -2.14. The number of fused-ring (bicyclic) bond motifs is 1. The van der Waals surface area contributed by atoms with Crippen LogP contribution in [0.25, 0.3) is 16.5 Å². The summed E-state index contributed by atoms with van der Waals surface area (Å²) < 4.78 is 40.5. The summed E-state index contributed by atoms with van der Waals surface area (Å²) in [5, 5.41) is 8.71. The second kappa shape index (κ2) is 7.46. The molecule has 0 aliphatic rings. The van der Waals surface area contributed by atoms with Crippen LogP contribution in [0, 0.1) is 6.92 Å². The number of rotatable bonds is 3. The molecule has 0 unspecified atom stereocenters. The van der Waals surface area contributed by atoms with Crippen molar-refractivity contribution in [1.82, 2.24) is 14.8 Å². The van der Waals surface area contributed by atoms with E-state index in [1.54, 1.807) is 37.5 Å². The van der Waals surface area contributed by atoms with Gasteiger partial charge in [0.25, 0.3) is 5.91 Å². The van der Waals surface area contributed by atoms with E-state index < -0.39 is 17.6 Å². The average molecular weight is 431 g/mol. The third kappa shape index (κ3) is 3.73. The standard InChI is InChI=1S/C21H14ClF3N4O/c1-12-9-18(20(30)27-17-4-2-3-13-11-26-8-7-15(13)17)28-29(12)19-10-14(21(23,24)25)5-6-16(19)22/h2-11H,1H3,(H,27,30). The smallest absolute Gasteiger partial charge is 0.320 e. The van der Waals surface area contributed by atoms with Gasteiger partial charge in [-0.25, -0.2) is 4.68 Å². The van der Waals surface area contributed by atoms with Gasteiger partial charge < -0.3 is 5.32 Å². The molecule has 0 saturated heterocycles. The summed E-state index contributed by atoms with van der Waals surface area (Å²) in [6, 6.07) is 11.6. The van der Waals surface area contributed by atoms with Crippen LogP contribution >= 0.6 is 11.6 Å². The van der Waals surface area contributed by atoms with Crippen LogP contribution in [-0.4, -0.2) is 20.7 Å². The number of amides is 1. The molecule has 30 heavy (non-hydrogen) atoms. The molecule has 0 aliphatic heterocycles. The fraction of sp³-hybridized carbons (Fsp3) is 0.0952. The van der Waals surface area contributed by atoms with E-state index in [9.17, 15) is 18.0 Å². The summed E-state index contributed by atoms with van der Waals surface area (Å²) in [4.78, 5) is 16.8. The van der Waals surface area contributed by atoms with Gasteiger partial charge in [0.15, 0.2) is 5.69 Å². The first kappa shape index (κ1) is 19.9. The first-order valence-corrected chi connectivity index (χ1v) is 9.20. The summed E-state index contributed by atoms with van der Waals surface area (Å²) in [7, 11) is 0. The Hall–Kier alpha value is -3.39. The van der Waals surface area contributed by atoms with Gasteiger partial charge in [0, 0.05) is 34.5 Å². The van der Waals surface area contributed by atoms with Crippen LogP contribution in [0.5, 0.6) is 0 Å². The number of hydrogen-bond acceptors (Lipinski definition) is 3. The summed E-state index contributed by atoms with van der Waals surface area (Å²) >= 11 is 6.10. The number of benzene rings is 2. The number of anilines is 1. The lowest BCUT2D eigenvalue weighted by atomic mass is 10.1. The number of aryl methyl sites for hydroxylation is 1. The third-order valence-corrected chi connectivity index (χ3v) is 4.87. The number of carbonyl (C=O) groups is 1. The fourth-order valence-electron chi connectivity index (χ4n) is 3.10. The zero-order valence-corrected chi connectivity index (χ0v) is 16.3. The SMILES string of the molecule is Cc1cc(C(=O)Nc2cccc3cnccc23)nn1-c1cc(C(F)(F)F)ccc1Cl. The Morgan fingerprint density at radius 1 is 1.13 bits per heavy atom. The largest absolute Gasteiger partial charge is 0.416 e. The zero-order chi connectivity index (χ0) is 21.5. The molecule has 0 fully saturated rings. The lowest BCUT2D eigenvalue weighted by molar-refractivity contribution is -0.137. The Labute approximate surface area is 174 Å². The van der Waals surface area contributed by atoms with E-state index >= 15 is 0 Å². The predicted molar refractivity (Wildman–Crippen MR) is 108 cm³/mol. The minimum absolute atomic E-state index is 0.0410. The number of halogens is 4. The summed E-state index contributed by atoms with van der Waals surface area (Å²) in [6.45, 7) is 1.63. The predicted octanol–water partition coefficient (Wildman–Crippen LogP) is 5.65. The molecular formula is C21H14ClF3N4O. The molecule has 0 radical (unpaired) electrons. The molecule has 4 rings (SSSR count). The van der Waals surface area contributed by atoms with Crippen molar-refractivity contribution in [2.45, 2.75) is 13.1 Å².